The summed E-state index contributed by atoms with van der Waals surface area (Å²) in [6.45, 7) is 9.38. The third-order valence-electron chi connectivity index (χ3n) is 3.06. The van der Waals surface area contributed by atoms with Gasteiger partial charge in [-0.15, -0.1) is 0 Å². The highest BCUT2D eigenvalue weighted by Crippen LogP contribution is 2.31. The molecule has 0 aromatic carbocycles. The predicted octanol–water partition coefficient (Wildman–Crippen LogP) is 2.88. The largest absolute Gasteiger partial charge is 0.449 e. The minimum Gasteiger partial charge on any atom is -0.449 e. The number of halogens is 1. The van der Waals surface area contributed by atoms with Crippen LogP contribution in [-0.2, 0) is 19.0 Å². The molecule has 0 saturated carbocycles. The van der Waals surface area contributed by atoms with Crippen molar-refractivity contribution in [1.29, 1.82) is 0 Å². The van der Waals surface area contributed by atoms with E-state index < -0.39 is 17.4 Å². The summed E-state index contributed by atoms with van der Waals surface area (Å²) in [6, 6.07) is -0.390. The molecule has 0 bridgehead atoms. The third kappa shape index (κ3) is 5.36. The Kier molecular flexibility index (Phi) is 5.87. The average molecular weight is 322 g/mol. The standard InChI is InChI=1S/C14H24ClNO5/c1-13(2,3)21-12(18)16-10(8-20-14(16,4)5)6-7-11(17)19-9-15/h10H,6-9H2,1-5H3/t10-/m1/s1. The van der Waals surface area contributed by atoms with Crippen LogP contribution in [0.2, 0.25) is 0 Å². The maximum atomic E-state index is 12.3. The van der Waals surface area contributed by atoms with Crippen molar-refractivity contribution in [3.63, 3.8) is 0 Å². The van der Waals surface area contributed by atoms with Gasteiger partial charge in [0.15, 0.2) is 6.07 Å². The molecule has 122 valence electrons. The molecule has 1 fully saturated rings. The van der Waals surface area contributed by atoms with Crippen LogP contribution in [0.5, 0.6) is 0 Å². The van der Waals surface area contributed by atoms with Gasteiger partial charge in [0.1, 0.15) is 11.3 Å². The van der Waals surface area contributed by atoms with E-state index in [1.807, 2.05) is 20.8 Å². The number of esters is 1. The summed E-state index contributed by atoms with van der Waals surface area (Å²) >= 11 is 5.34. The Labute approximate surface area is 130 Å². The molecule has 1 aliphatic rings. The molecule has 21 heavy (non-hydrogen) atoms. The van der Waals surface area contributed by atoms with Gasteiger partial charge < -0.3 is 14.2 Å². The van der Waals surface area contributed by atoms with Gasteiger partial charge in [-0.1, -0.05) is 11.6 Å². The molecule has 1 amide bonds. The molecule has 1 saturated heterocycles. The fraction of sp³-hybridized carbons (Fsp3) is 0.857. The van der Waals surface area contributed by atoms with Crippen LogP contribution in [0.25, 0.3) is 0 Å². The molecule has 6 nitrogen and oxygen atoms in total. The minimum atomic E-state index is -0.761. The topological polar surface area (TPSA) is 65.1 Å². The monoisotopic (exact) mass is 321 g/mol. The van der Waals surface area contributed by atoms with Crippen LogP contribution >= 0.6 is 11.6 Å². The molecule has 0 radical (unpaired) electrons. The molecule has 7 heteroatoms. The molecule has 0 aliphatic carbocycles. The Balaban J connectivity index is 2.70. The van der Waals surface area contributed by atoms with Crippen molar-refractivity contribution in [2.45, 2.75) is 64.8 Å². The van der Waals surface area contributed by atoms with E-state index in [0.717, 1.165) is 0 Å². The van der Waals surface area contributed by atoms with Crippen molar-refractivity contribution in [1.82, 2.24) is 4.90 Å². The Hall–Kier alpha value is -1.01. The lowest BCUT2D eigenvalue weighted by Crippen LogP contribution is -2.49. The fourth-order valence-corrected chi connectivity index (χ4v) is 2.32. The van der Waals surface area contributed by atoms with Gasteiger partial charge in [0, 0.05) is 6.42 Å². The molecule has 1 heterocycles. The number of alkyl halides is 1. The van der Waals surface area contributed by atoms with Crippen LogP contribution in [-0.4, -0.2) is 47.0 Å². The number of ether oxygens (including phenoxy) is 3. The number of hydrogen-bond acceptors (Lipinski definition) is 5. The first-order valence-electron chi connectivity index (χ1n) is 6.94. The van der Waals surface area contributed by atoms with Gasteiger partial charge >= 0.3 is 12.1 Å². The van der Waals surface area contributed by atoms with Crippen LogP contribution < -0.4 is 0 Å². The zero-order valence-electron chi connectivity index (χ0n) is 13.3. The van der Waals surface area contributed by atoms with Gasteiger partial charge in [0.2, 0.25) is 0 Å². The van der Waals surface area contributed by atoms with Crippen molar-refractivity contribution >= 4 is 23.7 Å². The van der Waals surface area contributed by atoms with E-state index in [-0.39, 0.29) is 24.5 Å². The lowest BCUT2D eigenvalue weighted by molar-refractivity contribution is -0.142. The van der Waals surface area contributed by atoms with Crippen LogP contribution in [0.3, 0.4) is 0 Å². The Morgan fingerprint density at radius 3 is 2.52 bits per heavy atom. The molecule has 1 atom stereocenters. The second-order valence-electron chi connectivity index (χ2n) is 6.43. The van der Waals surface area contributed by atoms with E-state index >= 15 is 0 Å². The van der Waals surface area contributed by atoms with Crippen molar-refractivity contribution in [2.75, 3.05) is 12.7 Å². The summed E-state index contributed by atoms with van der Waals surface area (Å²) in [5, 5.41) is 0. The van der Waals surface area contributed by atoms with Gasteiger partial charge in [-0.25, -0.2) is 4.79 Å². The van der Waals surface area contributed by atoms with Crippen LogP contribution in [0.15, 0.2) is 0 Å². The highest BCUT2D eigenvalue weighted by molar-refractivity contribution is 6.17. The van der Waals surface area contributed by atoms with Crippen LogP contribution in [0, 0.1) is 0 Å². The summed E-state index contributed by atoms with van der Waals surface area (Å²) in [5.74, 6) is -0.390. The maximum Gasteiger partial charge on any atom is 0.412 e. The van der Waals surface area contributed by atoms with E-state index in [1.54, 1.807) is 18.7 Å². The Morgan fingerprint density at radius 1 is 1.38 bits per heavy atom. The highest BCUT2D eigenvalue weighted by Gasteiger charge is 2.45. The maximum absolute atomic E-state index is 12.3. The third-order valence-corrected chi connectivity index (χ3v) is 3.17. The highest BCUT2D eigenvalue weighted by atomic mass is 35.5. The first-order chi connectivity index (χ1) is 9.57. The van der Waals surface area contributed by atoms with E-state index in [1.165, 1.54) is 0 Å². The quantitative estimate of drug-likeness (QED) is 0.588. The molecule has 0 aromatic heterocycles. The van der Waals surface area contributed by atoms with Crippen molar-refractivity contribution in [2.24, 2.45) is 0 Å². The average Bonchev–Trinajstić information content (AvgIpc) is 2.60. The number of nitrogens with zero attached hydrogens (tertiary/aromatic N) is 1. The lowest BCUT2D eigenvalue weighted by atomic mass is 10.1. The molecule has 0 unspecified atom stereocenters. The SMILES string of the molecule is CC(C)(C)OC(=O)N1[C@H](CCC(=O)OCCl)COC1(C)C. The number of carbonyl (C=O) groups excluding carboxylic acids is 2. The first-order valence-corrected chi connectivity index (χ1v) is 7.48. The van der Waals surface area contributed by atoms with Gasteiger partial charge in [0.25, 0.3) is 0 Å². The van der Waals surface area contributed by atoms with Gasteiger partial charge in [0.05, 0.1) is 12.6 Å². The van der Waals surface area contributed by atoms with Crippen LogP contribution in [0.1, 0.15) is 47.5 Å². The molecule has 0 aromatic rings. The predicted molar refractivity (Wildman–Crippen MR) is 77.9 cm³/mol. The first kappa shape index (κ1) is 18.0. The number of rotatable bonds is 4. The molecular weight excluding hydrogens is 298 g/mol. The second kappa shape index (κ2) is 6.83. The normalized spacial score (nSPS) is 21.2. The molecule has 0 N–H and O–H groups in total. The van der Waals surface area contributed by atoms with Crippen molar-refractivity contribution < 1.29 is 23.8 Å². The summed E-state index contributed by atoms with van der Waals surface area (Å²) in [7, 11) is 0. The number of amides is 1. The Morgan fingerprint density at radius 2 is 2.00 bits per heavy atom. The summed E-state index contributed by atoms with van der Waals surface area (Å²) in [4.78, 5) is 25.3. The van der Waals surface area contributed by atoms with Crippen LogP contribution in [0.4, 0.5) is 4.79 Å². The van der Waals surface area contributed by atoms with E-state index in [2.05, 4.69) is 4.74 Å². The van der Waals surface area contributed by atoms with Gasteiger partial charge in [-0.05, 0) is 41.0 Å². The number of hydrogen-bond donors (Lipinski definition) is 0. The van der Waals surface area contributed by atoms with E-state index in [4.69, 9.17) is 21.1 Å². The zero-order valence-corrected chi connectivity index (χ0v) is 14.0. The molecule has 0 spiro atoms. The smallest absolute Gasteiger partial charge is 0.412 e. The minimum absolute atomic E-state index is 0.165. The molecular formula is C14H24ClNO5. The van der Waals surface area contributed by atoms with E-state index in [0.29, 0.717) is 13.0 Å². The lowest BCUT2D eigenvalue weighted by Gasteiger charge is -2.35. The van der Waals surface area contributed by atoms with Gasteiger partial charge in [-0.3, -0.25) is 9.69 Å². The summed E-state index contributed by atoms with van der Waals surface area (Å²) < 4.78 is 15.7. The zero-order chi connectivity index (χ0) is 16.3. The fourth-order valence-electron chi connectivity index (χ4n) is 2.19. The summed E-state index contributed by atoms with van der Waals surface area (Å²) in [5.41, 5.74) is -1.35. The number of carbonyl (C=O) groups is 2. The molecule has 1 aliphatic heterocycles. The van der Waals surface area contributed by atoms with Gasteiger partial charge in [-0.2, -0.15) is 0 Å². The second-order valence-corrected chi connectivity index (χ2v) is 6.64. The van der Waals surface area contributed by atoms with Crippen molar-refractivity contribution in [3.05, 3.63) is 0 Å². The van der Waals surface area contributed by atoms with E-state index in [9.17, 15) is 9.59 Å². The molecule has 1 rings (SSSR count). The Bertz CT molecular complexity index is 391. The summed E-state index contributed by atoms with van der Waals surface area (Å²) in [6.07, 6.45) is 0.176. The van der Waals surface area contributed by atoms with Crippen molar-refractivity contribution in [3.8, 4) is 0 Å².